The molecule has 0 radical (unpaired) electrons. The summed E-state index contributed by atoms with van der Waals surface area (Å²) in [6.07, 6.45) is 0.341. The summed E-state index contributed by atoms with van der Waals surface area (Å²) in [4.78, 5) is 22.7. The van der Waals surface area contributed by atoms with Crippen LogP contribution in [-0.4, -0.2) is 23.7 Å². The van der Waals surface area contributed by atoms with Crippen molar-refractivity contribution in [3.63, 3.8) is 0 Å². The van der Waals surface area contributed by atoms with E-state index in [2.05, 4.69) is 10.6 Å². The number of hydrogen-bond donors (Lipinski definition) is 3. The number of carbonyl (C=O) groups excluding carboxylic acids is 1. The third-order valence-corrected chi connectivity index (χ3v) is 3.28. The number of urea groups is 1. The number of carbonyl (C=O) groups is 2. The SMILES string of the molecule is CCC(C)(CNC(=O)Nc1ccc(C#N)cc1F)C(=O)O. The van der Waals surface area contributed by atoms with E-state index in [9.17, 15) is 14.0 Å². The summed E-state index contributed by atoms with van der Waals surface area (Å²) in [5.74, 6) is -1.75. The van der Waals surface area contributed by atoms with Gasteiger partial charge in [0.1, 0.15) is 5.82 Å². The van der Waals surface area contributed by atoms with Crippen LogP contribution in [0.25, 0.3) is 0 Å². The predicted octanol–water partition coefficient (Wildman–Crippen LogP) is 2.32. The van der Waals surface area contributed by atoms with Gasteiger partial charge in [-0.2, -0.15) is 5.26 Å². The van der Waals surface area contributed by atoms with Crippen molar-refractivity contribution in [1.29, 1.82) is 5.26 Å². The van der Waals surface area contributed by atoms with E-state index in [1.165, 1.54) is 19.1 Å². The van der Waals surface area contributed by atoms with E-state index in [4.69, 9.17) is 10.4 Å². The Kier molecular flexibility index (Phi) is 5.24. The quantitative estimate of drug-likeness (QED) is 0.775. The molecule has 1 unspecified atom stereocenters. The van der Waals surface area contributed by atoms with E-state index in [1.807, 2.05) is 0 Å². The number of rotatable bonds is 5. The van der Waals surface area contributed by atoms with Crippen LogP contribution >= 0.6 is 0 Å². The maximum Gasteiger partial charge on any atom is 0.319 e. The standard InChI is InChI=1S/C14H16FN3O3/c1-3-14(2,12(19)20)8-17-13(21)18-11-5-4-9(7-16)6-10(11)15/h4-6H,3,8H2,1-2H3,(H,19,20)(H2,17,18,21). The van der Waals surface area contributed by atoms with Crippen molar-refractivity contribution in [2.75, 3.05) is 11.9 Å². The van der Waals surface area contributed by atoms with Crippen LogP contribution in [0.2, 0.25) is 0 Å². The third-order valence-electron chi connectivity index (χ3n) is 3.28. The molecule has 0 fully saturated rings. The third kappa shape index (κ3) is 4.18. The van der Waals surface area contributed by atoms with Gasteiger partial charge in [0.25, 0.3) is 0 Å². The highest BCUT2D eigenvalue weighted by Crippen LogP contribution is 2.20. The Morgan fingerprint density at radius 3 is 2.62 bits per heavy atom. The zero-order valence-electron chi connectivity index (χ0n) is 11.7. The average molecular weight is 293 g/mol. The summed E-state index contributed by atoms with van der Waals surface area (Å²) >= 11 is 0. The first-order valence-corrected chi connectivity index (χ1v) is 6.30. The minimum atomic E-state index is -1.08. The van der Waals surface area contributed by atoms with Crippen LogP contribution in [0, 0.1) is 22.6 Å². The number of nitriles is 1. The number of anilines is 1. The minimum Gasteiger partial charge on any atom is -0.481 e. The molecule has 0 aliphatic carbocycles. The van der Waals surface area contributed by atoms with Crippen LogP contribution in [-0.2, 0) is 4.79 Å². The van der Waals surface area contributed by atoms with E-state index in [0.717, 1.165) is 6.07 Å². The molecular formula is C14H16FN3O3. The van der Waals surface area contributed by atoms with E-state index in [0.29, 0.717) is 6.42 Å². The summed E-state index contributed by atoms with van der Waals surface area (Å²) in [7, 11) is 0. The fraction of sp³-hybridized carbons (Fsp3) is 0.357. The van der Waals surface area contributed by atoms with Crippen LogP contribution in [0.4, 0.5) is 14.9 Å². The Morgan fingerprint density at radius 2 is 2.14 bits per heavy atom. The molecule has 0 aromatic heterocycles. The molecule has 1 aromatic carbocycles. The first-order valence-electron chi connectivity index (χ1n) is 6.30. The molecule has 0 bridgehead atoms. The van der Waals surface area contributed by atoms with Gasteiger partial charge in [0.2, 0.25) is 0 Å². The average Bonchev–Trinajstić information content (AvgIpc) is 2.46. The van der Waals surface area contributed by atoms with Gasteiger partial charge in [0.15, 0.2) is 0 Å². The second kappa shape index (κ2) is 6.70. The van der Waals surface area contributed by atoms with Crippen molar-refractivity contribution >= 4 is 17.7 Å². The van der Waals surface area contributed by atoms with E-state index < -0.39 is 23.2 Å². The summed E-state index contributed by atoms with van der Waals surface area (Å²) in [5, 5.41) is 22.4. The van der Waals surface area contributed by atoms with Crippen molar-refractivity contribution in [3.8, 4) is 6.07 Å². The minimum absolute atomic E-state index is 0.0808. The molecule has 0 aliphatic rings. The Hall–Kier alpha value is -2.62. The van der Waals surface area contributed by atoms with Crippen LogP contribution in [0.15, 0.2) is 18.2 Å². The highest BCUT2D eigenvalue weighted by molar-refractivity contribution is 5.90. The number of nitrogens with zero attached hydrogens (tertiary/aromatic N) is 1. The van der Waals surface area contributed by atoms with Gasteiger partial charge >= 0.3 is 12.0 Å². The molecule has 112 valence electrons. The molecule has 0 aliphatic heterocycles. The van der Waals surface area contributed by atoms with Crippen LogP contribution < -0.4 is 10.6 Å². The molecule has 6 nitrogen and oxygen atoms in total. The van der Waals surface area contributed by atoms with E-state index in [1.54, 1.807) is 13.0 Å². The van der Waals surface area contributed by atoms with Gasteiger partial charge in [-0.3, -0.25) is 4.79 Å². The molecule has 1 rings (SSSR count). The van der Waals surface area contributed by atoms with Crippen molar-refractivity contribution in [2.24, 2.45) is 5.41 Å². The zero-order chi connectivity index (χ0) is 16.0. The number of amides is 2. The monoisotopic (exact) mass is 293 g/mol. The second-order valence-corrected chi connectivity index (χ2v) is 4.83. The van der Waals surface area contributed by atoms with E-state index >= 15 is 0 Å². The van der Waals surface area contributed by atoms with Crippen molar-refractivity contribution in [1.82, 2.24) is 5.32 Å². The maximum atomic E-state index is 13.6. The number of halogens is 1. The summed E-state index contributed by atoms with van der Waals surface area (Å²) in [5.41, 5.74) is -1.02. The van der Waals surface area contributed by atoms with Crippen LogP contribution in [0.5, 0.6) is 0 Å². The van der Waals surface area contributed by atoms with Gasteiger partial charge in [-0.05, 0) is 31.5 Å². The topological polar surface area (TPSA) is 102 Å². The summed E-state index contributed by atoms with van der Waals surface area (Å²) < 4.78 is 13.6. The molecule has 0 saturated carbocycles. The van der Waals surface area contributed by atoms with Crippen molar-refractivity contribution in [2.45, 2.75) is 20.3 Å². The Bertz CT molecular complexity index is 598. The second-order valence-electron chi connectivity index (χ2n) is 4.83. The molecule has 21 heavy (non-hydrogen) atoms. The van der Waals surface area contributed by atoms with Gasteiger partial charge in [-0.25, -0.2) is 9.18 Å². The lowest BCUT2D eigenvalue weighted by atomic mass is 9.88. The Balaban J connectivity index is 2.67. The van der Waals surface area contributed by atoms with Crippen LogP contribution in [0.3, 0.4) is 0 Å². The number of carboxylic acids is 1. The molecule has 0 spiro atoms. The highest BCUT2D eigenvalue weighted by Gasteiger charge is 2.31. The first kappa shape index (κ1) is 16.4. The van der Waals surface area contributed by atoms with Crippen LogP contribution in [0.1, 0.15) is 25.8 Å². The Morgan fingerprint density at radius 1 is 1.48 bits per heavy atom. The number of aliphatic carboxylic acids is 1. The first-order chi connectivity index (χ1) is 9.82. The largest absolute Gasteiger partial charge is 0.481 e. The molecule has 7 heteroatoms. The van der Waals surface area contributed by atoms with Gasteiger partial charge in [-0.15, -0.1) is 0 Å². The van der Waals surface area contributed by atoms with Crippen molar-refractivity contribution in [3.05, 3.63) is 29.6 Å². The molecule has 0 saturated heterocycles. The number of hydrogen-bond acceptors (Lipinski definition) is 3. The summed E-state index contributed by atoms with van der Waals surface area (Å²) in [6, 6.07) is 4.71. The fourth-order valence-electron chi connectivity index (χ4n) is 1.48. The molecular weight excluding hydrogens is 277 g/mol. The smallest absolute Gasteiger partial charge is 0.319 e. The molecule has 1 atom stereocenters. The fourth-order valence-corrected chi connectivity index (χ4v) is 1.48. The lowest BCUT2D eigenvalue weighted by Gasteiger charge is -2.23. The molecule has 3 N–H and O–H groups in total. The molecule has 1 aromatic rings. The molecule has 0 heterocycles. The number of carboxylic acid groups (broad SMARTS) is 1. The van der Waals surface area contributed by atoms with E-state index in [-0.39, 0.29) is 17.8 Å². The van der Waals surface area contributed by atoms with Crippen molar-refractivity contribution < 1.29 is 19.1 Å². The zero-order valence-corrected chi connectivity index (χ0v) is 11.7. The van der Waals surface area contributed by atoms with Gasteiger partial charge < -0.3 is 15.7 Å². The Labute approximate surface area is 121 Å². The van der Waals surface area contributed by atoms with Gasteiger partial charge in [-0.1, -0.05) is 6.92 Å². The highest BCUT2D eigenvalue weighted by atomic mass is 19.1. The lowest BCUT2D eigenvalue weighted by molar-refractivity contribution is -0.147. The van der Waals surface area contributed by atoms with Gasteiger partial charge in [0, 0.05) is 6.54 Å². The number of nitrogens with one attached hydrogen (secondary N) is 2. The summed E-state index contributed by atoms with van der Waals surface area (Å²) in [6.45, 7) is 3.13. The molecule has 2 amide bonds. The lowest BCUT2D eigenvalue weighted by Crippen LogP contribution is -2.42. The van der Waals surface area contributed by atoms with Gasteiger partial charge in [0.05, 0.1) is 22.7 Å². The normalized spacial score (nSPS) is 12.9. The number of benzene rings is 1. The maximum absolute atomic E-state index is 13.6. The predicted molar refractivity (Wildman–Crippen MR) is 74.2 cm³/mol.